The van der Waals surface area contributed by atoms with Crippen molar-refractivity contribution in [1.29, 1.82) is 0 Å². The number of sulfonamides is 1. The summed E-state index contributed by atoms with van der Waals surface area (Å²) >= 11 is 6.28. The molecule has 7 nitrogen and oxygen atoms in total. The van der Waals surface area contributed by atoms with Crippen molar-refractivity contribution in [2.75, 3.05) is 52.5 Å². The normalized spacial score (nSPS) is 19.4. The monoisotopic (exact) mass is 669 g/mol. The second-order valence-corrected chi connectivity index (χ2v) is 14.9. The summed E-state index contributed by atoms with van der Waals surface area (Å²) in [6.07, 6.45) is 2.29. The van der Waals surface area contributed by atoms with E-state index in [0.29, 0.717) is 37.1 Å². The third-order valence-electron chi connectivity index (χ3n) is 9.57. The molecule has 45 heavy (non-hydrogen) atoms. The summed E-state index contributed by atoms with van der Waals surface area (Å²) in [7, 11) is -3.83. The molecule has 248 valence electrons. The van der Waals surface area contributed by atoms with Gasteiger partial charge in [-0.05, 0) is 107 Å². The Kier molecular flexibility index (Phi) is 10.9. The van der Waals surface area contributed by atoms with E-state index < -0.39 is 27.2 Å². The lowest BCUT2D eigenvalue weighted by molar-refractivity contribution is -0.138. The average molecular weight is 670 g/mol. The molecule has 2 saturated heterocycles. The molecule has 1 saturated carbocycles. The minimum atomic E-state index is -4.42. The van der Waals surface area contributed by atoms with E-state index in [1.54, 1.807) is 36.1 Å². The van der Waals surface area contributed by atoms with Gasteiger partial charge in [-0.25, -0.2) is 8.42 Å². The molecule has 5 rings (SSSR count). The molecule has 0 radical (unpaired) electrons. The van der Waals surface area contributed by atoms with E-state index in [-0.39, 0.29) is 41.6 Å². The molecule has 3 fully saturated rings. The van der Waals surface area contributed by atoms with Crippen LogP contribution in [0.4, 0.5) is 13.2 Å². The zero-order valence-corrected chi connectivity index (χ0v) is 27.4. The van der Waals surface area contributed by atoms with Gasteiger partial charge < -0.3 is 14.5 Å². The van der Waals surface area contributed by atoms with E-state index in [1.807, 2.05) is 0 Å². The van der Waals surface area contributed by atoms with Gasteiger partial charge in [0.15, 0.2) is 0 Å². The zero-order valence-electron chi connectivity index (χ0n) is 25.8. The van der Waals surface area contributed by atoms with Crippen molar-refractivity contribution < 1.29 is 31.1 Å². The Morgan fingerprint density at radius 2 is 1.76 bits per heavy atom. The van der Waals surface area contributed by atoms with Crippen LogP contribution in [0.3, 0.4) is 0 Å². The predicted octanol–water partition coefficient (Wildman–Crippen LogP) is 6.27. The lowest BCUT2D eigenvalue weighted by Gasteiger charge is -2.43. The molecule has 2 aromatic carbocycles. The molecule has 2 aliphatic heterocycles. The first kappa shape index (κ1) is 34.2. The number of hydrogen-bond acceptors (Lipinski definition) is 5. The highest BCUT2D eigenvalue weighted by atomic mass is 35.5. The highest BCUT2D eigenvalue weighted by Gasteiger charge is 2.41. The molecule has 2 aromatic rings. The molecule has 3 aliphatic rings. The molecule has 1 amide bonds. The van der Waals surface area contributed by atoms with Gasteiger partial charge in [0.2, 0.25) is 15.9 Å². The summed E-state index contributed by atoms with van der Waals surface area (Å²) in [6, 6.07) is 10.6. The van der Waals surface area contributed by atoms with Gasteiger partial charge >= 0.3 is 6.18 Å². The standard InChI is InChI=1S/C33H43ClF3N3O4S/c1-25-7-4-10-29(34)31(25)45(42,43)40(28-11-12-28)21-22-44-24-30(41)39-19-14-32(15-20-39,13-6-18-38-16-2-3-17-38)26-8-5-9-27(23-26)33(35,36)37/h4-5,7-10,23,28H,2-3,6,11-22,24H2,1H3. The number of piperidine rings is 1. The first-order chi connectivity index (χ1) is 21.4. The van der Waals surface area contributed by atoms with E-state index in [1.165, 1.54) is 29.3 Å². The van der Waals surface area contributed by atoms with Crippen LogP contribution in [0.2, 0.25) is 5.02 Å². The third-order valence-corrected chi connectivity index (χ3v) is 12.2. The second kappa shape index (κ2) is 14.3. The number of carbonyl (C=O) groups excluding carboxylic acids is 1. The van der Waals surface area contributed by atoms with Gasteiger partial charge in [0.05, 0.1) is 17.2 Å². The molecule has 0 bridgehead atoms. The minimum Gasteiger partial charge on any atom is -0.370 e. The van der Waals surface area contributed by atoms with Gasteiger partial charge in [0.1, 0.15) is 11.5 Å². The second-order valence-electron chi connectivity index (χ2n) is 12.7. The van der Waals surface area contributed by atoms with Crippen molar-refractivity contribution in [3.63, 3.8) is 0 Å². The summed E-state index contributed by atoms with van der Waals surface area (Å²) in [5.74, 6) is -0.201. The summed E-state index contributed by atoms with van der Waals surface area (Å²) in [5.41, 5.74) is 0.191. The van der Waals surface area contributed by atoms with Gasteiger partial charge in [-0.3, -0.25) is 4.79 Å². The molecule has 0 atom stereocenters. The first-order valence-electron chi connectivity index (χ1n) is 15.9. The summed E-state index contributed by atoms with van der Waals surface area (Å²) in [4.78, 5) is 17.4. The van der Waals surface area contributed by atoms with Crippen LogP contribution in [0.25, 0.3) is 0 Å². The van der Waals surface area contributed by atoms with Crippen LogP contribution in [0.5, 0.6) is 0 Å². The summed E-state index contributed by atoms with van der Waals surface area (Å²) in [6.45, 7) is 5.63. The van der Waals surface area contributed by atoms with E-state index in [0.717, 1.165) is 51.4 Å². The molecule has 0 aromatic heterocycles. The number of rotatable bonds is 13. The van der Waals surface area contributed by atoms with Crippen LogP contribution in [0.15, 0.2) is 47.4 Å². The molecular weight excluding hydrogens is 627 g/mol. The molecule has 12 heteroatoms. The molecular formula is C33H43ClF3N3O4S. The zero-order chi connectivity index (χ0) is 32.2. The Morgan fingerprint density at radius 1 is 1.07 bits per heavy atom. The van der Waals surface area contributed by atoms with Crippen LogP contribution >= 0.6 is 11.6 Å². The third kappa shape index (κ3) is 8.22. The highest BCUT2D eigenvalue weighted by molar-refractivity contribution is 7.89. The minimum absolute atomic E-state index is 0.0590. The van der Waals surface area contributed by atoms with Crippen molar-refractivity contribution in [2.24, 2.45) is 0 Å². The van der Waals surface area contributed by atoms with Crippen molar-refractivity contribution >= 4 is 27.5 Å². The number of nitrogens with zero attached hydrogens (tertiary/aromatic N) is 3. The van der Waals surface area contributed by atoms with Crippen molar-refractivity contribution in [1.82, 2.24) is 14.1 Å². The van der Waals surface area contributed by atoms with E-state index in [9.17, 15) is 26.4 Å². The first-order valence-corrected chi connectivity index (χ1v) is 17.8. The maximum absolute atomic E-state index is 13.6. The summed E-state index contributed by atoms with van der Waals surface area (Å²) < 4.78 is 74.9. The van der Waals surface area contributed by atoms with Crippen LogP contribution in [-0.2, 0) is 31.1 Å². The molecule has 0 N–H and O–H groups in total. The van der Waals surface area contributed by atoms with Gasteiger partial charge in [0.25, 0.3) is 0 Å². The van der Waals surface area contributed by atoms with Crippen LogP contribution in [0, 0.1) is 6.92 Å². The number of alkyl halides is 3. The lowest BCUT2D eigenvalue weighted by atomic mass is 9.69. The van der Waals surface area contributed by atoms with Crippen LogP contribution in [-0.4, -0.2) is 87.0 Å². The lowest BCUT2D eigenvalue weighted by Crippen LogP contribution is -2.47. The number of carbonyl (C=O) groups is 1. The Labute approximate surface area is 269 Å². The van der Waals surface area contributed by atoms with Gasteiger partial charge in [-0.1, -0.05) is 41.9 Å². The Bertz CT molecular complexity index is 1420. The van der Waals surface area contributed by atoms with Crippen molar-refractivity contribution in [3.8, 4) is 0 Å². The number of aryl methyl sites for hydroxylation is 1. The van der Waals surface area contributed by atoms with E-state index in [4.69, 9.17) is 16.3 Å². The van der Waals surface area contributed by atoms with E-state index >= 15 is 0 Å². The molecule has 0 unspecified atom stereocenters. The van der Waals surface area contributed by atoms with Crippen molar-refractivity contribution in [2.45, 2.75) is 80.8 Å². The number of amides is 1. The molecule has 2 heterocycles. The van der Waals surface area contributed by atoms with Gasteiger partial charge in [0, 0.05) is 25.7 Å². The number of ether oxygens (including phenoxy) is 1. The number of benzene rings is 2. The van der Waals surface area contributed by atoms with Gasteiger partial charge in [-0.2, -0.15) is 17.5 Å². The van der Waals surface area contributed by atoms with Crippen LogP contribution in [0.1, 0.15) is 68.1 Å². The maximum atomic E-state index is 13.6. The number of likely N-dealkylation sites (tertiary alicyclic amines) is 2. The fourth-order valence-electron chi connectivity index (χ4n) is 6.87. The van der Waals surface area contributed by atoms with Crippen LogP contribution < -0.4 is 0 Å². The SMILES string of the molecule is Cc1cccc(Cl)c1S(=O)(=O)N(CCOCC(=O)N1CCC(CCCN2CCCC2)(c2cccc(C(F)(F)F)c2)CC1)C1CC1. The smallest absolute Gasteiger partial charge is 0.370 e. The quantitative estimate of drug-likeness (QED) is 0.235. The van der Waals surface area contributed by atoms with Crippen molar-refractivity contribution in [3.05, 3.63) is 64.2 Å². The maximum Gasteiger partial charge on any atom is 0.416 e. The number of halogens is 4. The molecule has 1 aliphatic carbocycles. The highest BCUT2D eigenvalue weighted by Crippen LogP contribution is 2.42. The van der Waals surface area contributed by atoms with E-state index in [2.05, 4.69) is 4.90 Å². The van der Waals surface area contributed by atoms with Gasteiger partial charge in [-0.15, -0.1) is 0 Å². The number of hydrogen-bond donors (Lipinski definition) is 0. The molecule has 0 spiro atoms. The largest absolute Gasteiger partial charge is 0.416 e. The predicted molar refractivity (Wildman–Crippen MR) is 168 cm³/mol. The topological polar surface area (TPSA) is 70.2 Å². The summed E-state index contributed by atoms with van der Waals surface area (Å²) in [5, 5.41) is 0.180. The fourth-order valence-corrected chi connectivity index (χ4v) is 9.32. The fraction of sp³-hybridized carbons (Fsp3) is 0.606. The average Bonchev–Trinajstić information content (AvgIpc) is 3.70. The Morgan fingerprint density at radius 3 is 2.40 bits per heavy atom. The Hall–Kier alpha value is -2.18. The Balaban J connectivity index is 1.17.